The van der Waals surface area contributed by atoms with Gasteiger partial charge in [0, 0.05) is 5.56 Å². The first kappa shape index (κ1) is 18.1. The number of carbonyl (C=O) groups is 2. The zero-order valence-electron chi connectivity index (χ0n) is 15.6. The number of hydrogen-bond acceptors (Lipinski definition) is 3. The standard InChI is InChI=1S/C24H21NO3/c1-17(26)22(19-12-6-3-7-13-19)24(28)20-14-8-9-15-21(20)25(23(24)27)16-18-10-4-2-5-11-18/h2-15,22,28H,16H2,1H3/t22-,24-/m0/s1. The van der Waals surface area contributed by atoms with Gasteiger partial charge < -0.3 is 10.0 Å². The van der Waals surface area contributed by atoms with Crippen LogP contribution < -0.4 is 4.90 Å². The molecule has 0 saturated carbocycles. The van der Waals surface area contributed by atoms with Gasteiger partial charge in [-0.25, -0.2) is 0 Å². The van der Waals surface area contributed by atoms with Crippen LogP contribution in [0, 0.1) is 0 Å². The van der Waals surface area contributed by atoms with Crippen molar-refractivity contribution in [2.75, 3.05) is 4.90 Å². The summed E-state index contributed by atoms with van der Waals surface area (Å²) >= 11 is 0. The first-order chi connectivity index (χ1) is 13.5. The number of amides is 1. The zero-order chi connectivity index (χ0) is 19.7. The van der Waals surface area contributed by atoms with Crippen LogP contribution in [0.4, 0.5) is 5.69 Å². The van der Waals surface area contributed by atoms with E-state index in [0.29, 0.717) is 23.4 Å². The Morgan fingerprint density at radius 2 is 1.50 bits per heavy atom. The normalized spacial score (nSPS) is 19.4. The molecule has 1 aliphatic rings. The summed E-state index contributed by atoms with van der Waals surface area (Å²) in [6, 6.07) is 25.8. The van der Waals surface area contributed by atoms with E-state index in [9.17, 15) is 14.7 Å². The molecule has 4 heteroatoms. The number of nitrogens with zero attached hydrogens (tertiary/aromatic N) is 1. The van der Waals surface area contributed by atoms with Gasteiger partial charge in [0.1, 0.15) is 5.78 Å². The molecule has 0 radical (unpaired) electrons. The van der Waals surface area contributed by atoms with Gasteiger partial charge in [0.25, 0.3) is 5.91 Å². The van der Waals surface area contributed by atoms with Crippen molar-refractivity contribution in [2.45, 2.75) is 25.0 Å². The van der Waals surface area contributed by atoms with Crippen LogP contribution in [0.2, 0.25) is 0 Å². The lowest BCUT2D eigenvalue weighted by Gasteiger charge is -2.30. The number of anilines is 1. The van der Waals surface area contributed by atoms with Gasteiger partial charge in [0.2, 0.25) is 0 Å². The average Bonchev–Trinajstić information content (AvgIpc) is 2.92. The lowest BCUT2D eigenvalue weighted by Crippen LogP contribution is -2.46. The molecule has 1 N–H and O–H groups in total. The van der Waals surface area contributed by atoms with E-state index in [1.54, 1.807) is 29.2 Å². The molecular formula is C24H21NO3. The lowest BCUT2D eigenvalue weighted by atomic mass is 9.76. The van der Waals surface area contributed by atoms with Crippen molar-refractivity contribution in [3.8, 4) is 0 Å². The highest BCUT2D eigenvalue weighted by molar-refractivity contribution is 6.10. The molecule has 4 nitrogen and oxygen atoms in total. The third kappa shape index (κ3) is 2.83. The summed E-state index contributed by atoms with van der Waals surface area (Å²) in [6.45, 7) is 1.75. The number of hydrogen-bond donors (Lipinski definition) is 1. The lowest BCUT2D eigenvalue weighted by molar-refractivity contribution is -0.144. The van der Waals surface area contributed by atoms with Gasteiger partial charge in [0.15, 0.2) is 5.60 Å². The predicted octanol–water partition coefficient (Wildman–Crippen LogP) is 3.79. The number of carbonyl (C=O) groups excluding carboxylic acids is 2. The highest BCUT2D eigenvalue weighted by Gasteiger charge is 2.56. The number of Topliss-reactive ketones (excluding diaryl/α,β-unsaturated/α-hetero) is 1. The van der Waals surface area contributed by atoms with Crippen LogP contribution in [0.5, 0.6) is 0 Å². The molecule has 0 aromatic heterocycles. The number of rotatable bonds is 5. The number of ketones is 1. The van der Waals surface area contributed by atoms with Gasteiger partial charge in [-0.3, -0.25) is 9.59 Å². The van der Waals surface area contributed by atoms with Crippen LogP contribution in [0.15, 0.2) is 84.9 Å². The summed E-state index contributed by atoms with van der Waals surface area (Å²) in [4.78, 5) is 27.7. The summed E-state index contributed by atoms with van der Waals surface area (Å²) < 4.78 is 0. The Kier molecular flexibility index (Phi) is 4.57. The highest BCUT2D eigenvalue weighted by Crippen LogP contribution is 2.48. The van der Waals surface area contributed by atoms with Crippen molar-refractivity contribution in [2.24, 2.45) is 0 Å². The van der Waals surface area contributed by atoms with E-state index in [1.165, 1.54) is 6.92 Å². The topological polar surface area (TPSA) is 57.6 Å². The summed E-state index contributed by atoms with van der Waals surface area (Å²) in [6.07, 6.45) is 0. The van der Waals surface area contributed by atoms with Crippen molar-refractivity contribution >= 4 is 17.4 Å². The fraction of sp³-hybridized carbons (Fsp3) is 0.167. The summed E-state index contributed by atoms with van der Waals surface area (Å²) in [7, 11) is 0. The second-order valence-electron chi connectivity index (χ2n) is 7.11. The fourth-order valence-electron chi connectivity index (χ4n) is 4.08. The first-order valence-corrected chi connectivity index (χ1v) is 9.26. The van der Waals surface area contributed by atoms with Crippen LogP contribution in [0.1, 0.15) is 29.5 Å². The second-order valence-corrected chi connectivity index (χ2v) is 7.11. The average molecular weight is 371 g/mol. The first-order valence-electron chi connectivity index (χ1n) is 9.26. The molecule has 0 spiro atoms. The van der Waals surface area contributed by atoms with Crippen molar-refractivity contribution < 1.29 is 14.7 Å². The molecule has 0 bridgehead atoms. The van der Waals surface area contributed by atoms with Crippen LogP contribution in [-0.2, 0) is 21.7 Å². The molecule has 0 unspecified atom stereocenters. The molecule has 1 amide bonds. The monoisotopic (exact) mass is 371 g/mol. The molecule has 1 aliphatic heterocycles. The van der Waals surface area contributed by atoms with Gasteiger partial charge >= 0.3 is 0 Å². The largest absolute Gasteiger partial charge is 0.374 e. The quantitative estimate of drug-likeness (QED) is 0.742. The summed E-state index contributed by atoms with van der Waals surface area (Å²) in [5.74, 6) is -1.69. The van der Waals surface area contributed by atoms with Crippen molar-refractivity contribution in [1.82, 2.24) is 0 Å². The zero-order valence-corrected chi connectivity index (χ0v) is 15.6. The van der Waals surface area contributed by atoms with Gasteiger partial charge in [-0.15, -0.1) is 0 Å². The maximum Gasteiger partial charge on any atom is 0.265 e. The molecule has 0 aliphatic carbocycles. The molecule has 3 aromatic rings. The van der Waals surface area contributed by atoms with Crippen LogP contribution in [-0.4, -0.2) is 16.8 Å². The Labute approximate surface area is 164 Å². The molecule has 3 aromatic carbocycles. The van der Waals surface area contributed by atoms with E-state index in [0.717, 1.165) is 5.56 Å². The minimum atomic E-state index is -1.93. The Morgan fingerprint density at radius 3 is 2.14 bits per heavy atom. The van der Waals surface area contributed by atoms with E-state index in [1.807, 2.05) is 60.7 Å². The number of para-hydroxylation sites is 1. The number of benzene rings is 3. The molecular weight excluding hydrogens is 350 g/mol. The Hall–Kier alpha value is -3.24. The van der Waals surface area contributed by atoms with E-state index in [4.69, 9.17) is 0 Å². The molecule has 0 saturated heterocycles. The summed E-state index contributed by atoms with van der Waals surface area (Å²) in [5.41, 5.74) is 0.760. The van der Waals surface area contributed by atoms with Crippen LogP contribution in [0.3, 0.4) is 0 Å². The van der Waals surface area contributed by atoms with Gasteiger partial charge in [0.05, 0.1) is 18.2 Å². The van der Waals surface area contributed by atoms with Gasteiger partial charge in [-0.1, -0.05) is 78.9 Å². The fourth-order valence-corrected chi connectivity index (χ4v) is 4.08. The SMILES string of the molecule is CC(=O)[C@@H](c1ccccc1)[C@]1(O)C(=O)N(Cc2ccccc2)c2ccccc21. The third-order valence-corrected chi connectivity index (χ3v) is 5.32. The Balaban J connectivity index is 1.85. The summed E-state index contributed by atoms with van der Waals surface area (Å²) in [5, 5.41) is 11.7. The van der Waals surface area contributed by atoms with E-state index < -0.39 is 17.4 Å². The van der Waals surface area contributed by atoms with Crippen molar-refractivity contribution in [1.29, 1.82) is 0 Å². The molecule has 1 heterocycles. The van der Waals surface area contributed by atoms with Crippen LogP contribution in [0.25, 0.3) is 0 Å². The molecule has 28 heavy (non-hydrogen) atoms. The van der Waals surface area contributed by atoms with E-state index >= 15 is 0 Å². The smallest absolute Gasteiger partial charge is 0.265 e. The highest BCUT2D eigenvalue weighted by atomic mass is 16.3. The maximum atomic E-state index is 13.5. The number of fused-ring (bicyclic) bond motifs is 1. The second kappa shape index (κ2) is 7.06. The number of aliphatic hydroxyl groups is 1. The van der Waals surface area contributed by atoms with Crippen LogP contribution >= 0.6 is 0 Å². The molecule has 0 fully saturated rings. The third-order valence-electron chi connectivity index (χ3n) is 5.32. The minimum absolute atomic E-state index is 0.251. The van der Waals surface area contributed by atoms with Crippen molar-refractivity contribution in [3.05, 3.63) is 102 Å². The Morgan fingerprint density at radius 1 is 0.929 bits per heavy atom. The Bertz CT molecular complexity index is 1020. The van der Waals surface area contributed by atoms with Gasteiger partial charge in [-0.05, 0) is 24.1 Å². The maximum absolute atomic E-state index is 13.5. The van der Waals surface area contributed by atoms with Gasteiger partial charge in [-0.2, -0.15) is 0 Å². The van der Waals surface area contributed by atoms with E-state index in [2.05, 4.69) is 0 Å². The molecule has 2 atom stereocenters. The minimum Gasteiger partial charge on any atom is -0.374 e. The van der Waals surface area contributed by atoms with Crippen molar-refractivity contribution in [3.63, 3.8) is 0 Å². The molecule has 140 valence electrons. The predicted molar refractivity (Wildman–Crippen MR) is 108 cm³/mol. The molecule has 4 rings (SSSR count). The van der Waals surface area contributed by atoms with E-state index in [-0.39, 0.29) is 5.78 Å².